The van der Waals surface area contributed by atoms with Gasteiger partial charge in [0.2, 0.25) is 17.7 Å². The van der Waals surface area contributed by atoms with Crippen molar-refractivity contribution in [2.75, 3.05) is 20.2 Å². The molecule has 10 nitrogen and oxygen atoms in total. The van der Waals surface area contributed by atoms with Gasteiger partial charge >= 0.3 is 0 Å². The SMILES string of the molecule is COc1ccc2[nH]c(C(=O)N3CC4(CCCCC4)C[C@@H]3C(=O)N[C@@H](C[C@@H]3CCNC3=O)C(N)=O)cc2c1Cl. The third kappa shape index (κ3) is 4.93. The molecule has 0 radical (unpaired) electrons. The fraction of sp³-hybridized carbons (Fsp3) is 0.556. The van der Waals surface area contributed by atoms with Crippen LogP contribution in [0.4, 0.5) is 0 Å². The number of nitrogens with one attached hydrogen (secondary N) is 3. The molecular weight excluding hydrogens is 510 g/mol. The van der Waals surface area contributed by atoms with E-state index < -0.39 is 23.9 Å². The topological polar surface area (TPSA) is 147 Å². The van der Waals surface area contributed by atoms with E-state index in [1.165, 1.54) is 7.11 Å². The molecule has 2 aliphatic heterocycles. The quantitative estimate of drug-likeness (QED) is 0.423. The molecule has 1 aromatic carbocycles. The summed E-state index contributed by atoms with van der Waals surface area (Å²) in [5, 5.41) is 6.59. The van der Waals surface area contributed by atoms with Crippen LogP contribution in [-0.4, -0.2) is 65.8 Å². The number of methoxy groups -OCH3 is 1. The van der Waals surface area contributed by atoms with Crippen LogP contribution in [-0.2, 0) is 14.4 Å². The molecule has 0 unspecified atom stereocenters. The number of likely N-dealkylation sites (tertiary alicyclic amines) is 1. The van der Waals surface area contributed by atoms with Crippen molar-refractivity contribution >= 4 is 46.1 Å². The van der Waals surface area contributed by atoms with Gasteiger partial charge in [0.15, 0.2) is 0 Å². The third-order valence-corrected chi connectivity index (χ3v) is 8.87. The molecule has 4 amide bonds. The Kier molecular flexibility index (Phi) is 7.26. The lowest BCUT2D eigenvalue weighted by molar-refractivity contribution is -0.131. The lowest BCUT2D eigenvalue weighted by Gasteiger charge is -2.32. The van der Waals surface area contributed by atoms with Gasteiger partial charge in [0.1, 0.15) is 23.5 Å². The van der Waals surface area contributed by atoms with Gasteiger partial charge in [-0.1, -0.05) is 30.9 Å². The van der Waals surface area contributed by atoms with Crippen molar-refractivity contribution in [1.82, 2.24) is 20.5 Å². The number of halogens is 1. The zero-order valence-corrected chi connectivity index (χ0v) is 22.2. The van der Waals surface area contributed by atoms with Crippen molar-refractivity contribution in [3.05, 3.63) is 28.9 Å². The standard InChI is InChI=1S/C27H34ClN5O5/c1-38-21-6-5-17-16(22(21)28)12-19(31-17)26(37)33-14-27(8-3-2-4-9-27)13-20(33)25(36)32-18(23(29)34)11-15-7-10-30-24(15)35/h5-6,12,15,18,20,31H,2-4,7-11,13-14H2,1H3,(H2,29,34)(H,30,35)(H,32,36)/t15-,18-,20+/m0/s1. The maximum Gasteiger partial charge on any atom is 0.271 e. The molecule has 1 saturated carbocycles. The highest BCUT2D eigenvalue weighted by Gasteiger charge is 2.49. The number of carbonyl (C=O) groups excluding carboxylic acids is 4. The van der Waals surface area contributed by atoms with Crippen LogP contribution >= 0.6 is 11.6 Å². The van der Waals surface area contributed by atoms with Gasteiger partial charge in [-0.3, -0.25) is 19.2 Å². The minimum atomic E-state index is -0.990. The van der Waals surface area contributed by atoms with Crippen molar-refractivity contribution in [3.8, 4) is 5.75 Å². The van der Waals surface area contributed by atoms with E-state index in [9.17, 15) is 19.2 Å². The Morgan fingerprint density at radius 2 is 2.03 bits per heavy atom. The highest BCUT2D eigenvalue weighted by molar-refractivity contribution is 6.37. The summed E-state index contributed by atoms with van der Waals surface area (Å²) in [6, 6.07) is 3.47. The van der Waals surface area contributed by atoms with Crippen LogP contribution in [0.1, 0.15) is 61.9 Å². The molecule has 11 heteroatoms. The first-order chi connectivity index (χ1) is 18.2. The zero-order chi connectivity index (χ0) is 27.0. The number of rotatable bonds is 7. The van der Waals surface area contributed by atoms with Crippen LogP contribution in [0.15, 0.2) is 18.2 Å². The van der Waals surface area contributed by atoms with E-state index in [-0.39, 0.29) is 29.6 Å². The molecule has 5 rings (SSSR count). The molecule has 0 bridgehead atoms. The number of hydrogen-bond acceptors (Lipinski definition) is 5. The van der Waals surface area contributed by atoms with E-state index in [0.717, 1.165) is 32.1 Å². The van der Waals surface area contributed by atoms with E-state index in [2.05, 4.69) is 15.6 Å². The van der Waals surface area contributed by atoms with Gasteiger partial charge in [-0.2, -0.15) is 0 Å². The molecule has 3 fully saturated rings. The van der Waals surface area contributed by atoms with Gasteiger partial charge < -0.3 is 31.0 Å². The zero-order valence-electron chi connectivity index (χ0n) is 21.5. The molecule has 3 aliphatic rings. The van der Waals surface area contributed by atoms with E-state index >= 15 is 0 Å². The van der Waals surface area contributed by atoms with Gasteiger partial charge in [0.05, 0.1) is 12.1 Å². The fourth-order valence-electron chi connectivity index (χ4n) is 6.41. The minimum absolute atomic E-state index is 0.140. The number of ether oxygens (including phenoxy) is 1. The van der Waals surface area contributed by atoms with Crippen molar-refractivity contribution < 1.29 is 23.9 Å². The number of carbonyl (C=O) groups is 4. The Hall–Kier alpha value is -3.27. The molecule has 3 atom stereocenters. The van der Waals surface area contributed by atoms with Gasteiger partial charge in [-0.05, 0) is 55.7 Å². The van der Waals surface area contributed by atoms with Crippen molar-refractivity contribution in [1.29, 1.82) is 0 Å². The summed E-state index contributed by atoms with van der Waals surface area (Å²) in [5.74, 6) is -1.43. The van der Waals surface area contributed by atoms with Gasteiger partial charge in [0, 0.05) is 29.9 Å². The van der Waals surface area contributed by atoms with Crippen LogP contribution in [0.5, 0.6) is 5.75 Å². The Morgan fingerprint density at radius 1 is 1.26 bits per heavy atom. The largest absolute Gasteiger partial charge is 0.495 e. The Bertz CT molecular complexity index is 1270. The smallest absolute Gasteiger partial charge is 0.271 e. The molecule has 1 spiro atoms. The number of aromatic nitrogens is 1. The van der Waals surface area contributed by atoms with Gasteiger partial charge in [-0.15, -0.1) is 0 Å². The average Bonchev–Trinajstić information content (AvgIpc) is 3.61. The predicted octanol–water partition coefficient (Wildman–Crippen LogP) is 2.49. The summed E-state index contributed by atoms with van der Waals surface area (Å²) < 4.78 is 5.30. The summed E-state index contributed by atoms with van der Waals surface area (Å²) in [4.78, 5) is 56.6. The molecule has 38 heavy (non-hydrogen) atoms. The Morgan fingerprint density at radius 3 is 2.68 bits per heavy atom. The van der Waals surface area contributed by atoms with Crippen molar-refractivity contribution in [2.45, 2.75) is 63.5 Å². The molecule has 204 valence electrons. The number of H-pyrrole nitrogens is 1. The molecule has 2 saturated heterocycles. The molecular formula is C27H34ClN5O5. The van der Waals surface area contributed by atoms with E-state index in [0.29, 0.717) is 53.3 Å². The first kappa shape index (κ1) is 26.3. The van der Waals surface area contributed by atoms with Crippen LogP contribution in [0.3, 0.4) is 0 Å². The summed E-state index contributed by atoms with van der Waals surface area (Å²) in [6.07, 6.45) is 6.38. The number of aromatic amines is 1. The lowest BCUT2D eigenvalue weighted by Crippen LogP contribution is -2.53. The maximum absolute atomic E-state index is 13.9. The Balaban J connectivity index is 1.41. The second-order valence-corrected chi connectivity index (χ2v) is 11.3. The number of fused-ring (bicyclic) bond motifs is 1. The normalized spacial score (nSPS) is 23.4. The van der Waals surface area contributed by atoms with E-state index in [1.54, 1.807) is 23.1 Å². The number of amides is 4. The highest BCUT2D eigenvalue weighted by atomic mass is 35.5. The highest BCUT2D eigenvalue weighted by Crippen LogP contribution is 2.47. The number of hydrogen-bond donors (Lipinski definition) is 4. The number of benzene rings is 1. The lowest BCUT2D eigenvalue weighted by atomic mass is 9.72. The first-order valence-corrected chi connectivity index (χ1v) is 13.6. The van der Waals surface area contributed by atoms with Crippen LogP contribution in [0.25, 0.3) is 10.9 Å². The van der Waals surface area contributed by atoms with Crippen LogP contribution < -0.4 is 21.1 Å². The monoisotopic (exact) mass is 543 g/mol. The fourth-order valence-corrected chi connectivity index (χ4v) is 6.71. The summed E-state index contributed by atoms with van der Waals surface area (Å²) >= 11 is 6.48. The summed E-state index contributed by atoms with van der Waals surface area (Å²) in [7, 11) is 1.53. The Labute approximate surface area is 226 Å². The van der Waals surface area contributed by atoms with E-state index in [1.807, 2.05) is 0 Å². The molecule has 5 N–H and O–H groups in total. The minimum Gasteiger partial charge on any atom is -0.495 e. The van der Waals surface area contributed by atoms with Crippen molar-refractivity contribution in [2.24, 2.45) is 17.1 Å². The average molecular weight is 544 g/mol. The molecule has 1 aromatic heterocycles. The summed E-state index contributed by atoms with van der Waals surface area (Å²) in [6.45, 7) is 0.999. The van der Waals surface area contributed by atoms with Crippen LogP contribution in [0.2, 0.25) is 5.02 Å². The van der Waals surface area contributed by atoms with Gasteiger partial charge in [-0.25, -0.2) is 0 Å². The number of primary amides is 1. The molecule has 3 heterocycles. The second kappa shape index (κ2) is 10.5. The molecule has 1 aliphatic carbocycles. The maximum atomic E-state index is 13.9. The number of nitrogens with zero attached hydrogens (tertiary/aromatic N) is 1. The number of nitrogens with two attached hydrogens (primary N) is 1. The second-order valence-electron chi connectivity index (χ2n) is 10.9. The predicted molar refractivity (Wildman–Crippen MR) is 142 cm³/mol. The van der Waals surface area contributed by atoms with E-state index in [4.69, 9.17) is 22.1 Å². The van der Waals surface area contributed by atoms with Gasteiger partial charge in [0.25, 0.3) is 5.91 Å². The third-order valence-electron chi connectivity index (χ3n) is 8.48. The summed E-state index contributed by atoms with van der Waals surface area (Å²) in [5.41, 5.74) is 6.49. The molecule has 2 aromatic rings. The van der Waals surface area contributed by atoms with Crippen LogP contribution in [0, 0.1) is 11.3 Å². The first-order valence-electron chi connectivity index (χ1n) is 13.2. The van der Waals surface area contributed by atoms with Crippen molar-refractivity contribution in [3.63, 3.8) is 0 Å².